The lowest BCUT2D eigenvalue weighted by atomic mass is 9.86. The van der Waals surface area contributed by atoms with E-state index >= 15 is 0 Å². The highest BCUT2D eigenvalue weighted by molar-refractivity contribution is 5.97. The Morgan fingerprint density at radius 3 is 2.53 bits per heavy atom. The van der Waals surface area contributed by atoms with Crippen molar-refractivity contribution in [3.05, 3.63) is 54.1 Å². The summed E-state index contributed by atoms with van der Waals surface area (Å²) in [5, 5.41) is 0. The number of cyclic esters (lactones) is 1. The lowest BCUT2D eigenvalue weighted by Crippen LogP contribution is -2.26. The lowest BCUT2D eigenvalue weighted by Gasteiger charge is -2.21. The number of benzene rings is 1. The minimum Gasteiger partial charge on any atom is -0.455 e. The van der Waals surface area contributed by atoms with E-state index in [9.17, 15) is 4.79 Å². The molecular formula is C15H16O2. The summed E-state index contributed by atoms with van der Waals surface area (Å²) in [6.45, 7) is 7.60. The van der Waals surface area contributed by atoms with Crippen molar-refractivity contribution >= 4 is 12.0 Å². The van der Waals surface area contributed by atoms with Crippen LogP contribution in [0.15, 0.2) is 48.6 Å². The Balaban J connectivity index is 2.41. The van der Waals surface area contributed by atoms with E-state index in [2.05, 4.69) is 6.58 Å². The second-order valence-electron chi connectivity index (χ2n) is 4.72. The smallest absolute Gasteiger partial charge is 0.335 e. The van der Waals surface area contributed by atoms with Gasteiger partial charge in [0.2, 0.25) is 0 Å². The van der Waals surface area contributed by atoms with E-state index in [0.717, 1.165) is 5.56 Å². The summed E-state index contributed by atoms with van der Waals surface area (Å²) < 4.78 is 5.36. The van der Waals surface area contributed by atoms with E-state index in [1.54, 1.807) is 6.08 Å². The van der Waals surface area contributed by atoms with Crippen LogP contribution in [-0.4, -0.2) is 11.6 Å². The van der Waals surface area contributed by atoms with Gasteiger partial charge in [0.25, 0.3) is 0 Å². The van der Waals surface area contributed by atoms with Gasteiger partial charge in [-0.05, 0) is 25.5 Å². The maximum Gasteiger partial charge on any atom is 0.335 e. The molecule has 1 aliphatic rings. The van der Waals surface area contributed by atoms with Crippen molar-refractivity contribution in [2.24, 2.45) is 5.92 Å². The summed E-state index contributed by atoms with van der Waals surface area (Å²) in [4.78, 5) is 11.8. The molecule has 0 bridgehead atoms. The molecule has 0 radical (unpaired) electrons. The van der Waals surface area contributed by atoms with Crippen LogP contribution in [0.2, 0.25) is 0 Å². The molecule has 2 heteroatoms. The molecule has 1 aromatic carbocycles. The van der Waals surface area contributed by atoms with Crippen molar-refractivity contribution in [1.82, 2.24) is 0 Å². The highest BCUT2D eigenvalue weighted by Crippen LogP contribution is 2.38. The average Bonchev–Trinajstić information content (AvgIpc) is 2.49. The van der Waals surface area contributed by atoms with Crippen molar-refractivity contribution in [3.63, 3.8) is 0 Å². The molecule has 1 atom stereocenters. The molecule has 17 heavy (non-hydrogen) atoms. The van der Waals surface area contributed by atoms with Gasteiger partial charge in [-0.25, -0.2) is 4.79 Å². The normalized spacial score (nSPS) is 24.7. The second-order valence-corrected chi connectivity index (χ2v) is 4.72. The van der Waals surface area contributed by atoms with Gasteiger partial charge in [-0.3, -0.25) is 0 Å². The van der Waals surface area contributed by atoms with Crippen LogP contribution in [0.25, 0.3) is 6.08 Å². The number of carbonyl (C=O) groups is 1. The van der Waals surface area contributed by atoms with Gasteiger partial charge >= 0.3 is 5.97 Å². The predicted octanol–water partition coefficient (Wildman–Crippen LogP) is 3.21. The zero-order valence-electron chi connectivity index (χ0n) is 10.1. The SMILES string of the molecule is C=CC1/C(=C/c2ccccc2)C(=O)OC1(C)C. The first-order valence-corrected chi connectivity index (χ1v) is 5.67. The fraction of sp³-hybridized carbons (Fsp3) is 0.267. The summed E-state index contributed by atoms with van der Waals surface area (Å²) in [5.41, 5.74) is 1.18. The van der Waals surface area contributed by atoms with E-state index < -0.39 is 5.60 Å². The number of hydrogen-bond acceptors (Lipinski definition) is 2. The van der Waals surface area contributed by atoms with Crippen molar-refractivity contribution < 1.29 is 9.53 Å². The molecule has 0 aliphatic carbocycles. The summed E-state index contributed by atoms with van der Waals surface area (Å²) in [7, 11) is 0. The van der Waals surface area contributed by atoms with Crippen LogP contribution in [0.5, 0.6) is 0 Å². The van der Waals surface area contributed by atoms with E-state index in [1.165, 1.54) is 0 Å². The zero-order valence-corrected chi connectivity index (χ0v) is 10.1. The lowest BCUT2D eigenvalue weighted by molar-refractivity contribution is -0.144. The Kier molecular flexibility index (Phi) is 2.88. The fourth-order valence-corrected chi connectivity index (χ4v) is 2.15. The van der Waals surface area contributed by atoms with Crippen LogP contribution in [0, 0.1) is 5.92 Å². The summed E-state index contributed by atoms with van der Waals surface area (Å²) in [6.07, 6.45) is 3.66. The molecule has 1 aliphatic heterocycles. The standard InChI is InChI=1S/C15H16O2/c1-4-13-12(14(16)17-15(13,2)3)10-11-8-6-5-7-9-11/h4-10,13H,1H2,2-3H3/b12-10-. The number of esters is 1. The first-order valence-electron chi connectivity index (χ1n) is 5.67. The molecule has 88 valence electrons. The van der Waals surface area contributed by atoms with Gasteiger partial charge in [-0.15, -0.1) is 6.58 Å². The topological polar surface area (TPSA) is 26.3 Å². The van der Waals surface area contributed by atoms with E-state index in [-0.39, 0.29) is 11.9 Å². The van der Waals surface area contributed by atoms with E-state index in [0.29, 0.717) is 5.57 Å². The number of rotatable bonds is 2. The Labute approximate surface area is 102 Å². The number of ether oxygens (including phenoxy) is 1. The fourth-order valence-electron chi connectivity index (χ4n) is 2.15. The predicted molar refractivity (Wildman–Crippen MR) is 68.3 cm³/mol. The highest BCUT2D eigenvalue weighted by atomic mass is 16.6. The van der Waals surface area contributed by atoms with Gasteiger partial charge in [0.05, 0.1) is 0 Å². The van der Waals surface area contributed by atoms with Crippen LogP contribution in [-0.2, 0) is 9.53 Å². The van der Waals surface area contributed by atoms with E-state index in [4.69, 9.17) is 4.74 Å². The number of carbonyl (C=O) groups excluding carboxylic acids is 1. The third-order valence-corrected chi connectivity index (χ3v) is 3.03. The zero-order chi connectivity index (χ0) is 12.5. The van der Waals surface area contributed by atoms with Gasteiger partial charge < -0.3 is 4.74 Å². The minimum absolute atomic E-state index is 0.0600. The molecule has 1 unspecified atom stereocenters. The quantitative estimate of drug-likeness (QED) is 0.441. The average molecular weight is 228 g/mol. The first kappa shape index (κ1) is 11.6. The molecule has 0 amide bonds. The van der Waals surface area contributed by atoms with Crippen LogP contribution < -0.4 is 0 Å². The van der Waals surface area contributed by atoms with Gasteiger partial charge in [0.1, 0.15) is 5.60 Å². The summed E-state index contributed by atoms with van der Waals surface area (Å²) >= 11 is 0. The van der Waals surface area contributed by atoms with Crippen LogP contribution in [0.3, 0.4) is 0 Å². The van der Waals surface area contributed by atoms with Gasteiger partial charge in [0.15, 0.2) is 0 Å². The maximum absolute atomic E-state index is 11.8. The summed E-state index contributed by atoms with van der Waals surface area (Å²) in [5.74, 6) is -0.307. The van der Waals surface area contributed by atoms with Crippen molar-refractivity contribution in [2.75, 3.05) is 0 Å². The molecule has 0 aromatic heterocycles. The molecule has 1 saturated heterocycles. The maximum atomic E-state index is 11.8. The van der Waals surface area contributed by atoms with Gasteiger partial charge in [0, 0.05) is 11.5 Å². The molecule has 0 saturated carbocycles. The molecule has 2 rings (SSSR count). The molecule has 1 fully saturated rings. The summed E-state index contributed by atoms with van der Waals surface area (Å²) in [6, 6.07) is 9.77. The third kappa shape index (κ3) is 2.16. The Morgan fingerprint density at radius 1 is 1.29 bits per heavy atom. The van der Waals surface area contributed by atoms with Crippen LogP contribution in [0.1, 0.15) is 19.4 Å². The van der Waals surface area contributed by atoms with Crippen molar-refractivity contribution in [3.8, 4) is 0 Å². The van der Waals surface area contributed by atoms with Gasteiger partial charge in [-0.1, -0.05) is 36.4 Å². The molecule has 1 aromatic rings. The van der Waals surface area contributed by atoms with Crippen LogP contribution >= 0.6 is 0 Å². The van der Waals surface area contributed by atoms with E-state index in [1.807, 2.05) is 50.3 Å². The Morgan fingerprint density at radius 2 is 1.94 bits per heavy atom. The largest absolute Gasteiger partial charge is 0.455 e. The van der Waals surface area contributed by atoms with Crippen molar-refractivity contribution in [1.29, 1.82) is 0 Å². The van der Waals surface area contributed by atoms with Gasteiger partial charge in [-0.2, -0.15) is 0 Å². The second kappa shape index (κ2) is 4.21. The molecule has 2 nitrogen and oxygen atoms in total. The molecular weight excluding hydrogens is 212 g/mol. The van der Waals surface area contributed by atoms with Crippen LogP contribution in [0.4, 0.5) is 0 Å². The Hall–Kier alpha value is -1.83. The molecule has 1 heterocycles. The first-order chi connectivity index (χ1) is 8.04. The monoisotopic (exact) mass is 228 g/mol. The molecule has 0 spiro atoms. The third-order valence-electron chi connectivity index (χ3n) is 3.03. The van der Waals surface area contributed by atoms with Crippen molar-refractivity contribution in [2.45, 2.75) is 19.4 Å². The number of hydrogen-bond donors (Lipinski definition) is 0. The highest BCUT2D eigenvalue weighted by Gasteiger charge is 2.44. The minimum atomic E-state index is -0.501. The molecule has 0 N–H and O–H groups in total. The Bertz CT molecular complexity index is 469.